The highest BCUT2D eigenvalue weighted by Crippen LogP contribution is 2.31. The fourth-order valence-electron chi connectivity index (χ4n) is 3.15. The van der Waals surface area contributed by atoms with Gasteiger partial charge >= 0.3 is 5.97 Å². The maximum Gasteiger partial charge on any atom is 0.329 e. The average Bonchev–Trinajstić information content (AvgIpc) is 3.26. The highest BCUT2D eigenvalue weighted by molar-refractivity contribution is 6.04. The molecular weight excluding hydrogens is 336 g/mol. The molecule has 3 rings (SSSR count). The highest BCUT2D eigenvalue weighted by atomic mass is 16.4. The number of carboxylic acids is 1. The first-order valence-corrected chi connectivity index (χ1v) is 8.34. The number of furan rings is 1. The molecule has 1 atom stereocenters. The molecule has 1 aromatic carbocycles. The molecule has 1 fully saturated rings. The van der Waals surface area contributed by atoms with Crippen molar-refractivity contribution in [1.29, 1.82) is 0 Å². The van der Waals surface area contributed by atoms with Gasteiger partial charge in [0.2, 0.25) is 0 Å². The van der Waals surface area contributed by atoms with Crippen molar-refractivity contribution >= 4 is 23.5 Å². The molecule has 1 aliphatic heterocycles. The van der Waals surface area contributed by atoms with Gasteiger partial charge in [0.15, 0.2) is 5.76 Å². The number of nitrogens with zero attached hydrogens (tertiary/aromatic N) is 1. The smallest absolute Gasteiger partial charge is 0.329 e. The molecule has 0 spiro atoms. The van der Waals surface area contributed by atoms with Crippen LogP contribution in [0.1, 0.15) is 46.2 Å². The first kappa shape index (κ1) is 17.7. The SMILES string of the molecule is Cc1ccc(C(=O)N2CCCC2(C)C(=O)O)cc1NC(=O)c1ccco1. The molecule has 0 radical (unpaired) electrons. The molecule has 1 unspecified atom stereocenters. The van der Waals surface area contributed by atoms with Gasteiger partial charge in [-0.2, -0.15) is 0 Å². The molecular formula is C19H20N2O5. The summed E-state index contributed by atoms with van der Waals surface area (Å²) in [7, 11) is 0. The quantitative estimate of drug-likeness (QED) is 0.877. The van der Waals surface area contributed by atoms with Crippen LogP contribution in [0.4, 0.5) is 5.69 Å². The third kappa shape index (κ3) is 3.08. The number of carbonyl (C=O) groups excluding carboxylic acids is 2. The number of anilines is 1. The van der Waals surface area contributed by atoms with E-state index >= 15 is 0 Å². The Hall–Kier alpha value is -3.09. The molecule has 0 bridgehead atoms. The summed E-state index contributed by atoms with van der Waals surface area (Å²) in [6.07, 6.45) is 2.46. The molecule has 2 heterocycles. The maximum absolute atomic E-state index is 12.9. The third-order valence-electron chi connectivity index (χ3n) is 4.82. The normalized spacial score (nSPS) is 19.4. The summed E-state index contributed by atoms with van der Waals surface area (Å²) < 4.78 is 5.07. The first-order valence-electron chi connectivity index (χ1n) is 8.34. The zero-order valence-electron chi connectivity index (χ0n) is 14.6. The van der Waals surface area contributed by atoms with Gasteiger partial charge in [0.05, 0.1) is 6.26 Å². The second-order valence-electron chi connectivity index (χ2n) is 6.60. The molecule has 1 saturated heterocycles. The van der Waals surface area contributed by atoms with Crippen LogP contribution in [0.3, 0.4) is 0 Å². The van der Waals surface area contributed by atoms with Crippen LogP contribution in [0.5, 0.6) is 0 Å². The van der Waals surface area contributed by atoms with E-state index in [1.165, 1.54) is 11.2 Å². The van der Waals surface area contributed by atoms with E-state index in [1.54, 1.807) is 37.3 Å². The second-order valence-corrected chi connectivity index (χ2v) is 6.60. The second kappa shape index (κ2) is 6.67. The van der Waals surface area contributed by atoms with Gasteiger partial charge < -0.3 is 19.7 Å². The number of carboxylic acid groups (broad SMARTS) is 1. The van der Waals surface area contributed by atoms with Crippen LogP contribution < -0.4 is 5.32 Å². The van der Waals surface area contributed by atoms with Crippen molar-refractivity contribution in [3.8, 4) is 0 Å². The van der Waals surface area contributed by atoms with Crippen LogP contribution in [0.15, 0.2) is 41.0 Å². The largest absolute Gasteiger partial charge is 0.480 e. The van der Waals surface area contributed by atoms with E-state index in [0.717, 1.165) is 5.56 Å². The van der Waals surface area contributed by atoms with Crippen molar-refractivity contribution in [3.63, 3.8) is 0 Å². The minimum Gasteiger partial charge on any atom is -0.480 e. The summed E-state index contributed by atoms with van der Waals surface area (Å²) >= 11 is 0. The van der Waals surface area contributed by atoms with E-state index in [-0.39, 0.29) is 11.7 Å². The number of carbonyl (C=O) groups is 3. The van der Waals surface area contributed by atoms with Crippen LogP contribution in [-0.4, -0.2) is 39.9 Å². The van der Waals surface area contributed by atoms with Gasteiger partial charge in [0.1, 0.15) is 5.54 Å². The Bertz CT molecular complexity index is 859. The predicted molar refractivity (Wildman–Crippen MR) is 94.2 cm³/mol. The lowest BCUT2D eigenvalue weighted by Gasteiger charge is -2.31. The number of aryl methyl sites for hydroxylation is 1. The zero-order chi connectivity index (χ0) is 18.9. The molecule has 7 heteroatoms. The van der Waals surface area contributed by atoms with E-state index in [9.17, 15) is 19.5 Å². The van der Waals surface area contributed by atoms with E-state index < -0.39 is 17.4 Å². The van der Waals surface area contributed by atoms with Crippen molar-refractivity contribution in [1.82, 2.24) is 4.90 Å². The van der Waals surface area contributed by atoms with Gasteiger partial charge in [-0.25, -0.2) is 4.79 Å². The van der Waals surface area contributed by atoms with E-state index in [0.29, 0.717) is 30.6 Å². The number of benzene rings is 1. The lowest BCUT2D eigenvalue weighted by atomic mass is 9.98. The van der Waals surface area contributed by atoms with Crippen LogP contribution in [0.25, 0.3) is 0 Å². The fraction of sp³-hybridized carbons (Fsp3) is 0.316. The highest BCUT2D eigenvalue weighted by Gasteiger charge is 2.46. The molecule has 7 nitrogen and oxygen atoms in total. The van der Waals surface area contributed by atoms with Gasteiger partial charge in [-0.1, -0.05) is 6.07 Å². The lowest BCUT2D eigenvalue weighted by Crippen LogP contribution is -2.50. The number of amides is 2. The molecule has 136 valence electrons. The van der Waals surface area contributed by atoms with Crippen molar-refractivity contribution < 1.29 is 23.9 Å². The van der Waals surface area contributed by atoms with Crippen LogP contribution in [-0.2, 0) is 4.79 Å². The van der Waals surface area contributed by atoms with Gasteiger partial charge in [0, 0.05) is 17.8 Å². The first-order chi connectivity index (χ1) is 12.3. The summed E-state index contributed by atoms with van der Waals surface area (Å²) in [5.41, 5.74) is 0.386. The van der Waals surface area contributed by atoms with Gasteiger partial charge in [-0.3, -0.25) is 9.59 Å². The number of aliphatic carboxylic acids is 1. The Kier molecular flexibility index (Phi) is 4.54. The van der Waals surface area contributed by atoms with Crippen molar-refractivity contribution in [2.75, 3.05) is 11.9 Å². The summed E-state index contributed by atoms with van der Waals surface area (Å²) in [5, 5.41) is 12.2. The number of rotatable bonds is 4. The summed E-state index contributed by atoms with van der Waals surface area (Å²) in [6, 6.07) is 8.09. The molecule has 1 aromatic heterocycles. The lowest BCUT2D eigenvalue weighted by molar-refractivity contribution is -0.147. The Balaban J connectivity index is 1.86. The van der Waals surface area contributed by atoms with Crippen LogP contribution in [0, 0.1) is 6.92 Å². The van der Waals surface area contributed by atoms with Gasteiger partial charge in [-0.05, 0) is 56.5 Å². The Morgan fingerprint density at radius 2 is 2.04 bits per heavy atom. The molecule has 26 heavy (non-hydrogen) atoms. The molecule has 2 aromatic rings. The number of nitrogens with one attached hydrogen (secondary N) is 1. The third-order valence-corrected chi connectivity index (χ3v) is 4.82. The molecule has 0 aliphatic carbocycles. The number of likely N-dealkylation sites (tertiary alicyclic amines) is 1. The minimum absolute atomic E-state index is 0.166. The zero-order valence-corrected chi connectivity index (χ0v) is 14.6. The number of hydrogen-bond donors (Lipinski definition) is 2. The van der Waals surface area contributed by atoms with Crippen molar-refractivity contribution in [3.05, 3.63) is 53.5 Å². The molecule has 0 saturated carbocycles. The van der Waals surface area contributed by atoms with Crippen molar-refractivity contribution in [2.24, 2.45) is 0 Å². The van der Waals surface area contributed by atoms with Gasteiger partial charge in [0.25, 0.3) is 11.8 Å². The monoisotopic (exact) mass is 356 g/mol. The average molecular weight is 356 g/mol. The summed E-state index contributed by atoms with van der Waals surface area (Å²) in [5.74, 6) is -1.62. The Labute approximate surface area is 150 Å². The predicted octanol–water partition coefficient (Wildman–Crippen LogP) is 2.92. The molecule has 2 N–H and O–H groups in total. The minimum atomic E-state index is -1.21. The molecule has 2 amide bonds. The fourth-order valence-corrected chi connectivity index (χ4v) is 3.15. The van der Waals surface area contributed by atoms with E-state index in [2.05, 4.69) is 5.32 Å². The van der Waals surface area contributed by atoms with Crippen molar-refractivity contribution in [2.45, 2.75) is 32.2 Å². The summed E-state index contributed by atoms with van der Waals surface area (Å²) in [6.45, 7) is 3.76. The molecule has 1 aliphatic rings. The topological polar surface area (TPSA) is 99.9 Å². The maximum atomic E-state index is 12.9. The van der Waals surface area contributed by atoms with Gasteiger partial charge in [-0.15, -0.1) is 0 Å². The standard InChI is InChI=1S/C19H20N2O5/c1-12-6-7-13(11-14(12)20-16(22)15-5-3-10-26-15)17(23)21-9-4-8-19(21,2)18(24)25/h3,5-7,10-11H,4,8-9H2,1-2H3,(H,20,22)(H,24,25). The van der Waals surface area contributed by atoms with Crippen LogP contribution >= 0.6 is 0 Å². The Morgan fingerprint density at radius 1 is 1.27 bits per heavy atom. The van der Waals surface area contributed by atoms with E-state index in [1.807, 2.05) is 6.92 Å². The Morgan fingerprint density at radius 3 is 2.69 bits per heavy atom. The van der Waals surface area contributed by atoms with E-state index in [4.69, 9.17) is 4.42 Å². The van der Waals surface area contributed by atoms with Crippen LogP contribution in [0.2, 0.25) is 0 Å². The summed E-state index contributed by atoms with van der Waals surface area (Å²) in [4.78, 5) is 38.0. The number of hydrogen-bond acceptors (Lipinski definition) is 4.